The maximum atomic E-state index is 8.68. The molecule has 1 aromatic heterocycles. The molecule has 2 rings (SSSR count). The van der Waals surface area contributed by atoms with Crippen LogP contribution >= 0.6 is 11.6 Å². The van der Waals surface area contributed by atoms with Gasteiger partial charge in [0, 0.05) is 12.6 Å². The molecule has 0 bridgehead atoms. The van der Waals surface area contributed by atoms with Gasteiger partial charge in [0.1, 0.15) is 5.15 Å². The minimum atomic E-state index is 0.214. The van der Waals surface area contributed by atoms with Gasteiger partial charge in [-0.3, -0.25) is 4.68 Å². The van der Waals surface area contributed by atoms with E-state index in [1.165, 1.54) is 0 Å². The second-order valence-corrected chi connectivity index (χ2v) is 5.01. The summed E-state index contributed by atoms with van der Waals surface area (Å²) < 4.78 is 7.52. The van der Waals surface area contributed by atoms with Crippen LogP contribution < -0.4 is 0 Å². The Hall–Kier alpha value is -1.07. The Balaban J connectivity index is 1.89. The van der Waals surface area contributed by atoms with Crippen LogP contribution in [0, 0.1) is 6.92 Å². The molecule has 1 fully saturated rings. The van der Waals surface area contributed by atoms with Crippen molar-refractivity contribution in [2.75, 3.05) is 0 Å². The van der Waals surface area contributed by atoms with E-state index in [1.54, 1.807) is 4.68 Å². The highest BCUT2D eigenvalue weighted by molar-refractivity contribution is 6.30. The van der Waals surface area contributed by atoms with Crippen LogP contribution in [0.15, 0.2) is 5.16 Å². The van der Waals surface area contributed by atoms with Crippen LogP contribution in [0.1, 0.15) is 36.9 Å². The molecule has 1 aliphatic rings. The number of aromatic nitrogens is 2. The summed E-state index contributed by atoms with van der Waals surface area (Å²) in [6.45, 7) is 2.43. The molecule has 0 saturated heterocycles. The van der Waals surface area contributed by atoms with Gasteiger partial charge in [0.2, 0.25) is 0 Å². The van der Waals surface area contributed by atoms with Crippen molar-refractivity contribution in [2.24, 2.45) is 12.2 Å². The van der Waals surface area contributed by atoms with E-state index in [0.29, 0.717) is 11.8 Å². The fourth-order valence-corrected chi connectivity index (χ4v) is 2.46. The van der Waals surface area contributed by atoms with Crippen molar-refractivity contribution in [3.05, 3.63) is 16.4 Å². The van der Waals surface area contributed by atoms with Crippen molar-refractivity contribution in [3.63, 3.8) is 0 Å². The third-order valence-electron chi connectivity index (χ3n) is 3.38. The summed E-state index contributed by atoms with van der Waals surface area (Å²) in [6.07, 6.45) is 3.63. The van der Waals surface area contributed by atoms with E-state index < -0.39 is 0 Å². The first-order valence-electron chi connectivity index (χ1n) is 6.11. The summed E-state index contributed by atoms with van der Waals surface area (Å²) in [4.78, 5) is 0. The molecule has 0 aliphatic heterocycles. The Kier molecular flexibility index (Phi) is 4.24. The highest BCUT2D eigenvalue weighted by Gasteiger charge is 2.20. The third kappa shape index (κ3) is 2.84. The third-order valence-corrected chi connectivity index (χ3v) is 3.86. The fraction of sp³-hybridized carbons (Fsp3) is 0.667. The van der Waals surface area contributed by atoms with Gasteiger partial charge in [-0.15, -0.1) is 0 Å². The van der Waals surface area contributed by atoms with E-state index in [2.05, 4.69) is 10.3 Å². The normalized spacial score (nSPS) is 20.2. The van der Waals surface area contributed by atoms with Crippen molar-refractivity contribution in [3.8, 4) is 0 Å². The van der Waals surface area contributed by atoms with Crippen LogP contribution in [0.3, 0.4) is 0 Å². The lowest BCUT2D eigenvalue weighted by Crippen LogP contribution is -2.21. The van der Waals surface area contributed by atoms with E-state index >= 15 is 0 Å². The molecule has 1 N–H and O–H groups in total. The van der Waals surface area contributed by atoms with Gasteiger partial charge in [0.25, 0.3) is 0 Å². The van der Waals surface area contributed by atoms with Gasteiger partial charge in [-0.2, -0.15) is 5.10 Å². The Morgan fingerprint density at radius 3 is 2.67 bits per heavy atom. The zero-order valence-corrected chi connectivity index (χ0v) is 11.4. The van der Waals surface area contributed by atoms with Gasteiger partial charge in [-0.25, -0.2) is 0 Å². The topological polar surface area (TPSA) is 59.6 Å². The van der Waals surface area contributed by atoms with Crippen LogP contribution in [0.4, 0.5) is 0 Å². The number of rotatable bonds is 3. The number of hydrogen-bond acceptors (Lipinski definition) is 4. The zero-order valence-electron chi connectivity index (χ0n) is 10.7. The molecule has 5 nitrogen and oxygen atoms in total. The number of oxime groups is 1. The summed E-state index contributed by atoms with van der Waals surface area (Å²) in [7, 11) is 1.82. The molecule has 1 aromatic rings. The van der Waals surface area contributed by atoms with Crippen molar-refractivity contribution in [1.29, 1.82) is 0 Å². The van der Waals surface area contributed by atoms with E-state index in [9.17, 15) is 0 Å². The minimum absolute atomic E-state index is 0.214. The summed E-state index contributed by atoms with van der Waals surface area (Å²) in [5.74, 6) is 0. The molecule has 0 radical (unpaired) electrons. The molecule has 0 aromatic carbocycles. The van der Waals surface area contributed by atoms with Crippen molar-refractivity contribution in [2.45, 2.75) is 45.3 Å². The Morgan fingerprint density at radius 1 is 1.50 bits per heavy atom. The van der Waals surface area contributed by atoms with Gasteiger partial charge >= 0.3 is 0 Å². The average molecular weight is 272 g/mol. The van der Waals surface area contributed by atoms with Gasteiger partial charge in [0.05, 0.1) is 24.1 Å². The lowest BCUT2D eigenvalue weighted by atomic mass is 9.96. The molecule has 1 aliphatic carbocycles. The maximum Gasteiger partial charge on any atom is 0.132 e. The van der Waals surface area contributed by atoms with Gasteiger partial charge in [-0.1, -0.05) is 16.8 Å². The predicted octanol–water partition coefficient (Wildman–Crippen LogP) is 2.67. The quantitative estimate of drug-likeness (QED) is 0.679. The monoisotopic (exact) mass is 271 g/mol. The van der Waals surface area contributed by atoms with Crippen LogP contribution in [0.5, 0.6) is 0 Å². The molecule has 0 amide bonds. The standard InChI is InChI=1S/C12H18ClN3O2/c1-8-11(12(13)16(2)14-8)7-18-10-5-3-9(15-17)4-6-10/h10,17H,3-7H2,1-2H3. The lowest BCUT2D eigenvalue weighted by molar-refractivity contribution is 0.0275. The number of ether oxygens (including phenoxy) is 1. The van der Waals surface area contributed by atoms with E-state index in [1.807, 2.05) is 14.0 Å². The van der Waals surface area contributed by atoms with Gasteiger partial charge in [0.15, 0.2) is 0 Å². The number of hydrogen-bond donors (Lipinski definition) is 1. The van der Waals surface area contributed by atoms with E-state index in [0.717, 1.165) is 42.7 Å². The summed E-state index contributed by atoms with van der Waals surface area (Å²) in [5, 5.41) is 16.8. The van der Waals surface area contributed by atoms with E-state index in [-0.39, 0.29) is 6.10 Å². The van der Waals surface area contributed by atoms with E-state index in [4.69, 9.17) is 21.5 Å². The Bertz CT molecular complexity index is 446. The second-order valence-electron chi connectivity index (χ2n) is 4.65. The van der Waals surface area contributed by atoms with Crippen molar-refractivity contribution < 1.29 is 9.94 Å². The smallest absolute Gasteiger partial charge is 0.132 e. The summed E-state index contributed by atoms with van der Waals surface area (Å²) >= 11 is 6.15. The SMILES string of the molecule is Cc1nn(C)c(Cl)c1COC1CCC(=NO)CC1. The highest BCUT2D eigenvalue weighted by atomic mass is 35.5. The van der Waals surface area contributed by atoms with Crippen molar-refractivity contribution in [1.82, 2.24) is 9.78 Å². The first-order valence-corrected chi connectivity index (χ1v) is 6.49. The van der Waals surface area contributed by atoms with Crippen LogP contribution in [0.2, 0.25) is 5.15 Å². The van der Waals surface area contributed by atoms with Crippen LogP contribution in [-0.2, 0) is 18.4 Å². The molecule has 0 atom stereocenters. The maximum absolute atomic E-state index is 8.68. The average Bonchev–Trinajstić information content (AvgIpc) is 2.62. The van der Waals surface area contributed by atoms with Crippen LogP contribution in [0.25, 0.3) is 0 Å². The van der Waals surface area contributed by atoms with Crippen LogP contribution in [-0.4, -0.2) is 26.8 Å². The number of nitrogens with zero attached hydrogens (tertiary/aromatic N) is 3. The molecular formula is C12H18ClN3O2. The summed E-state index contributed by atoms with van der Waals surface area (Å²) in [5.41, 5.74) is 2.74. The number of aryl methyl sites for hydroxylation is 2. The zero-order chi connectivity index (χ0) is 13.1. The largest absolute Gasteiger partial charge is 0.411 e. The fourth-order valence-electron chi connectivity index (χ4n) is 2.23. The molecule has 0 unspecified atom stereocenters. The first-order chi connectivity index (χ1) is 8.61. The Labute approximate surface area is 111 Å². The Morgan fingerprint density at radius 2 is 2.17 bits per heavy atom. The molecule has 1 saturated carbocycles. The van der Waals surface area contributed by atoms with Gasteiger partial charge in [-0.05, 0) is 32.6 Å². The molecule has 0 spiro atoms. The molecule has 18 heavy (non-hydrogen) atoms. The lowest BCUT2D eigenvalue weighted by Gasteiger charge is -2.22. The highest BCUT2D eigenvalue weighted by Crippen LogP contribution is 2.24. The predicted molar refractivity (Wildman–Crippen MR) is 69.2 cm³/mol. The molecule has 1 heterocycles. The molecular weight excluding hydrogens is 254 g/mol. The molecule has 100 valence electrons. The van der Waals surface area contributed by atoms with Gasteiger partial charge < -0.3 is 9.94 Å². The minimum Gasteiger partial charge on any atom is -0.411 e. The first kappa shape index (κ1) is 13.4. The number of halogens is 1. The second kappa shape index (κ2) is 5.71. The van der Waals surface area contributed by atoms with Crippen molar-refractivity contribution >= 4 is 17.3 Å². The molecule has 6 heteroatoms. The summed E-state index contributed by atoms with van der Waals surface area (Å²) in [6, 6.07) is 0.